The van der Waals surface area contributed by atoms with Gasteiger partial charge < -0.3 is 9.97 Å². The number of aromatic nitrogens is 6. The maximum atomic E-state index is 11.6. The average molecular weight is 280 g/mol. The standard InChI is InChI=1S/C14H12N6O/c1-7-3-11(16-6-15-7)13-17-8-4-10-12(5-9(8)18-13)20(2)14(21)19-10/h3-6H,1-2H3,(H,17,18)(H,19,21). The van der Waals surface area contributed by atoms with Crippen molar-refractivity contribution in [3.8, 4) is 11.5 Å². The molecule has 1 aromatic carbocycles. The van der Waals surface area contributed by atoms with Gasteiger partial charge in [0.15, 0.2) is 5.82 Å². The number of H-pyrrole nitrogens is 2. The van der Waals surface area contributed by atoms with Crippen LogP contribution in [0.2, 0.25) is 0 Å². The Balaban J connectivity index is 1.98. The van der Waals surface area contributed by atoms with Crippen LogP contribution in [0.3, 0.4) is 0 Å². The first-order chi connectivity index (χ1) is 10.1. The summed E-state index contributed by atoms with van der Waals surface area (Å²) in [4.78, 5) is 30.5. The van der Waals surface area contributed by atoms with E-state index in [4.69, 9.17) is 0 Å². The number of nitrogens with one attached hydrogen (secondary N) is 2. The summed E-state index contributed by atoms with van der Waals surface area (Å²) >= 11 is 0. The SMILES string of the molecule is Cc1cc(-c2nc3cc4c(cc3[nH]2)[nH]c(=O)n4C)ncn1. The quantitative estimate of drug-likeness (QED) is 0.552. The summed E-state index contributed by atoms with van der Waals surface area (Å²) in [5.74, 6) is 0.688. The lowest BCUT2D eigenvalue weighted by Crippen LogP contribution is -2.11. The molecule has 0 bridgehead atoms. The molecule has 0 spiro atoms. The van der Waals surface area contributed by atoms with Gasteiger partial charge in [0.2, 0.25) is 0 Å². The highest BCUT2D eigenvalue weighted by Gasteiger charge is 2.10. The third-order valence-electron chi connectivity index (χ3n) is 3.55. The molecule has 0 atom stereocenters. The van der Waals surface area contributed by atoms with Crippen molar-refractivity contribution in [2.45, 2.75) is 6.92 Å². The fourth-order valence-corrected chi connectivity index (χ4v) is 2.44. The topological polar surface area (TPSA) is 92.2 Å². The highest BCUT2D eigenvalue weighted by atomic mass is 16.1. The Kier molecular flexibility index (Phi) is 2.26. The van der Waals surface area contributed by atoms with Crippen LogP contribution in [0.25, 0.3) is 33.6 Å². The number of nitrogens with zero attached hydrogens (tertiary/aromatic N) is 4. The average Bonchev–Trinajstić information content (AvgIpc) is 2.99. The molecule has 7 nitrogen and oxygen atoms in total. The van der Waals surface area contributed by atoms with Crippen LogP contribution in [0.4, 0.5) is 0 Å². The van der Waals surface area contributed by atoms with Gasteiger partial charge in [-0.1, -0.05) is 0 Å². The minimum atomic E-state index is -0.135. The van der Waals surface area contributed by atoms with E-state index in [0.29, 0.717) is 5.82 Å². The maximum Gasteiger partial charge on any atom is 0.326 e. The molecule has 0 aliphatic heterocycles. The predicted octanol–water partition coefficient (Wildman–Crippen LogP) is 1.51. The zero-order chi connectivity index (χ0) is 14.6. The van der Waals surface area contributed by atoms with E-state index in [0.717, 1.165) is 33.5 Å². The van der Waals surface area contributed by atoms with Gasteiger partial charge in [-0.3, -0.25) is 4.57 Å². The summed E-state index contributed by atoms with van der Waals surface area (Å²) in [6.45, 7) is 1.91. The number of aromatic amines is 2. The van der Waals surface area contributed by atoms with Crippen LogP contribution in [-0.4, -0.2) is 29.5 Å². The van der Waals surface area contributed by atoms with E-state index in [1.165, 1.54) is 6.33 Å². The van der Waals surface area contributed by atoms with Crippen LogP contribution in [0.5, 0.6) is 0 Å². The third-order valence-corrected chi connectivity index (χ3v) is 3.55. The number of fused-ring (bicyclic) bond motifs is 2. The van der Waals surface area contributed by atoms with Gasteiger partial charge in [-0.15, -0.1) is 0 Å². The molecule has 0 saturated carbocycles. The number of aryl methyl sites for hydroxylation is 2. The molecule has 0 aliphatic rings. The number of benzene rings is 1. The Morgan fingerprint density at radius 2 is 1.95 bits per heavy atom. The molecule has 2 N–H and O–H groups in total. The molecule has 104 valence electrons. The van der Waals surface area contributed by atoms with E-state index in [-0.39, 0.29) is 5.69 Å². The van der Waals surface area contributed by atoms with E-state index in [1.807, 2.05) is 25.1 Å². The molecule has 4 rings (SSSR count). The normalized spacial score (nSPS) is 11.5. The number of hydrogen-bond donors (Lipinski definition) is 2. The van der Waals surface area contributed by atoms with Gasteiger partial charge in [-0.2, -0.15) is 0 Å². The Morgan fingerprint density at radius 3 is 2.76 bits per heavy atom. The highest BCUT2D eigenvalue weighted by Crippen LogP contribution is 2.22. The first-order valence-corrected chi connectivity index (χ1v) is 6.49. The summed E-state index contributed by atoms with van der Waals surface area (Å²) in [7, 11) is 1.73. The Hall–Kier alpha value is -2.96. The van der Waals surface area contributed by atoms with E-state index in [9.17, 15) is 4.79 Å². The van der Waals surface area contributed by atoms with E-state index < -0.39 is 0 Å². The first kappa shape index (κ1) is 11.8. The molecular weight excluding hydrogens is 268 g/mol. The minimum absolute atomic E-state index is 0.135. The number of hydrogen-bond acceptors (Lipinski definition) is 4. The number of imidazole rings is 2. The van der Waals surface area contributed by atoms with Crippen molar-refractivity contribution in [3.05, 3.63) is 40.7 Å². The summed E-state index contributed by atoms with van der Waals surface area (Å²) in [6, 6.07) is 5.65. The van der Waals surface area contributed by atoms with Crippen molar-refractivity contribution < 1.29 is 0 Å². The van der Waals surface area contributed by atoms with Gasteiger partial charge in [0, 0.05) is 12.7 Å². The van der Waals surface area contributed by atoms with Gasteiger partial charge in [0.25, 0.3) is 0 Å². The van der Waals surface area contributed by atoms with E-state index in [1.54, 1.807) is 11.6 Å². The second-order valence-electron chi connectivity index (χ2n) is 5.01. The Labute approximate surface area is 118 Å². The van der Waals surface area contributed by atoms with E-state index in [2.05, 4.69) is 24.9 Å². The zero-order valence-electron chi connectivity index (χ0n) is 11.5. The van der Waals surface area contributed by atoms with Gasteiger partial charge >= 0.3 is 5.69 Å². The summed E-state index contributed by atoms with van der Waals surface area (Å²) in [5.41, 5.74) is 4.75. The van der Waals surface area contributed by atoms with Gasteiger partial charge in [0.05, 0.1) is 22.1 Å². The van der Waals surface area contributed by atoms with Crippen LogP contribution < -0.4 is 5.69 Å². The van der Waals surface area contributed by atoms with Crippen LogP contribution in [0, 0.1) is 6.92 Å². The molecule has 0 unspecified atom stereocenters. The van der Waals surface area contributed by atoms with Crippen molar-refractivity contribution in [1.29, 1.82) is 0 Å². The fraction of sp³-hybridized carbons (Fsp3) is 0.143. The summed E-state index contributed by atoms with van der Waals surface area (Å²) < 4.78 is 1.57. The lowest BCUT2D eigenvalue weighted by atomic mass is 10.3. The molecule has 21 heavy (non-hydrogen) atoms. The van der Waals surface area contributed by atoms with Crippen molar-refractivity contribution >= 4 is 22.1 Å². The van der Waals surface area contributed by atoms with Crippen LogP contribution >= 0.6 is 0 Å². The second-order valence-corrected chi connectivity index (χ2v) is 5.01. The molecule has 0 saturated heterocycles. The smallest absolute Gasteiger partial charge is 0.326 e. The van der Waals surface area contributed by atoms with Gasteiger partial charge in [-0.25, -0.2) is 19.7 Å². The van der Waals surface area contributed by atoms with Crippen LogP contribution in [-0.2, 0) is 7.05 Å². The predicted molar refractivity (Wildman–Crippen MR) is 79.0 cm³/mol. The summed E-state index contributed by atoms with van der Waals surface area (Å²) in [6.07, 6.45) is 1.52. The van der Waals surface area contributed by atoms with Gasteiger partial charge in [0.1, 0.15) is 12.0 Å². The zero-order valence-corrected chi connectivity index (χ0v) is 11.5. The minimum Gasteiger partial charge on any atom is -0.337 e. The molecule has 4 aromatic rings. The molecule has 0 aliphatic carbocycles. The monoisotopic (exact) mass is 280 g/mol. The van der Waals surface area contributed by atoms with Crippen molar-refractivity contribution in [2.75, 3.05) is 0 Å². The maximum absolute atomic E-state index is 11.6. The molecule has 3 aromatic heterocycles. The fourth-order valence-electron chi connectivity index (χ4n) is 2.44. The first-order valence-electron chi connectivity index (χ1n) is 6.49. The van der Waals surface area contributed by atoms with Crippen molar-refractivity contribution in [1.82, 2.24) is 29.5 Å². The van der Waals surface area contributed by atoms with Crippen molar-refractivity contribution in [2.24, 2.45) is 7.05 Å². The Bertz CT molecular complexity index is 1040. The van der Waals surface area contributed by atoms with Crippen LogP contribution in [0.1, 0.15) is 5.69 Å². The van der Waals surface area contributed by atoms with Crippen LogP contribution in [0.15, 0.2) is 29.3 Å². The lowest BCUT2D eigenvalue weighted by Gasteiger charge is -1.95. The largest absolute Gasteiger partial charge is 0.337 e. The molecule has 0 radical (unpaired) electrons. The second kappa shape index (κ2) is 4.02. The van der Waals surface area contributed by atoms with Crippen molar-refractivity contribution in [3.63, 3.8) is 0 Å². The molecule has 7 heteroatoms. The molecule has 3 heterocycles. The third kappa shape index (κ3) is 1.74. The lowest BCUT2D eigenvalue weighted by molar-refractivity contribution is 0.892. The number of rotatable bonds is 1. The molecule has 0 fully saturated rings. The Morgan fingerprint density at radius 1 is 1.10 bits per heavy atom. The summed E-state index contributed by atoms with van der Waals surface area (Å²) in [5, 5.41) is 0. The van der Waals surface area contributed by atoms with Gasteiger partial charge in [-0.05, 0) is 25.1 Å². The molecular formula is C14H12N6O. The molecule has 0 amide bonds. The van der Waals surface area contributed by atoms with E-state index >= 15 is 0 Å². The highest BCUT2D eigenvalue weighted by molar-refractivity contribution is 5.92.